The SMILES string of the molecule is Cc1cc(CNC(=O)c2cc(Cl)ccn2)ccc1F. The van der Waals surface area contributed by atoms with Crippen LogP contribution in [0.4, 0.5) is 4.39 Å². The van der Waals surface area contributed by atoms with E-state index in [1.807, 2.05) is 0 Å². The van der Waals surface area contributed by atoms with Crippen molar-refractivity contribution >= 4 is 17.5 Å². The lowest BCUT2D eigenvalue weighted by molar-refractivity contribution is 0.0946. The number of nitrogens with one attached hydrogen (secondary N) is 1. The molecule has 1 aromatic carbocycles. The van der Waals surface area contributed by atoms with Gasteiger partial charge in [0.05, 0.1) is 0 Å². The van der Waals surface area contributed by atoms with Crippen LogP contribution in [0.2, 0.25) is 5.02 Å². The molecule has 0 atom stereocenters. The summed E-state index contributed by atoms with van der Waals surface area (Å²) >= 11 is 5.78. The third kappa shape index (κ3) is 3.51. The first-order valence-corrected chi connectivity index (χ1v) is 6.09. The first-order valence-electron chi connectivity index (χ1n) is 5.71. The van der Waals surface area contributed by atoms with E-state index in [0.717, 1.165) is 5.56 Å². The molecule has 1 N–H and O–H groups in total. The summed E-state index contributed by atoms with van der Waals surface area (Å²) in [5.74, 6) is -0.573. The van der Waals surface area contributed by atoms with Crippen LogP contribution in [0.15, 0.2) is 36.5 Å². The monoisotopic (exact) mass is 278 g/mol. The molecule has 98 valence electrons. The molecule has 19 heavy (non-hydrogen) atoms. The van der Waals surface area contributed by atoms with Crippen molar-refractivity contribution in [2.75, 3.05) is 0 Å². The molecule has 0 aliphatic carbocycles. The van der Waals surface area contributed by atoms with E-state index in [4.69, 9.17) is 11.6 Å². The van der Waals surface area contributed by atoms with Crippen molar-refractivity contribution in [3.8, 4) is 0 Å². The Kier molecular flexibility index (Phi) is 4.12. The number of benzene rings is 1. The minimum Gasteiger partial charge on any atom is -0.347 e. The molecule has 0 aliphatic rings. The van der Waals surface area contributed by atoms with Gasteiger partial charge in [-0.25, -0.2) is 4.39 Å². The van der Waals surface area contributed by atoms with E-state index in [0.29, 0.717) is 17.1 Å². The van der Waals surface area contributed by atoms with Gasteiger partial charge in [-0.2, -0.15) is 0 Å². The molecule has 2 aromatic rings. The van der Waals surface area contributed by atoms with Gasteiger partial charge in [-0.05, 0) is 36.2 Å². The first kappa shape index (κ1) is 13.5. The minimum absolute atomic E-state index is 0.256. The van der Waals surface area contributed by atoms with Gasteiger partial charge in [0.2, 0.25) is 0 Å². The van der Waals surface area contributed by atoms with E-state index in [9.17, 15) is 9.18 Å². The Morgan fingerprint density at radius 3 is 2.84 bits per heavy atom. The van der Waals surface area contributed by atoms with E-state index in [1.165, 1.54) is 18.3 Å². The molecule has 0 unspecified atom stereocenters. The fourth-order valence-corrected chi connectivity index (χ4v) is 1.78. The summed E-state index contributed by atoms with van der Waals surface area (Å²) in [5, 5.41) is 3.16. The molecular formula is C14H12ClFN2O. The third-order valence-electron chi connectivity index (χ3n) is 2.63. The number of aromatic nitrogens is 1. The van der Waals surface area contributed by atoms with Gasteiger partial charge in [0.15, 0.2) is 0 Å². The van der Waals surface area contributed by atoms with Crippen molar-refractivity contribution in [1.82, 2.24) is 10.3 Å². The van der Waals surface area contributed by atoms with Gasteiger partial charge in [-0.15, -0.1) is 0 Å². The maximum atomic E-state index is 13.1. The zero-order valence-electron chi connectivity index (χ0n) is 10.3. The summed E-state index contributed by atoms with van der Waals surface area (Å²) in [5.41, 5.74) is 1.63. The maximum Gasteiger partial charge on any atom is 0.270 e. The van der Waals surface area contributed by atoms with Gasteiger partial charge in [0.25, 0.3) is 5.91 Å². The van der Waals surface area contributed by atoms with Crippen LogP contribution in [0, 0.1) is 12.7 Å². The van der Waals surface area contributed by atoms with Gasteiger partial charge in [0.1, 0.15) is 11.5 Å². The maximum absolute atomic E-state index is 13.1. The molecule has 0 fully saturated rings. The highest BCUT2D eigenvalue weighted by Gasteiger charge is 2.07. The number of hydrogen-bond donors (Lipinski definition) is 1. The minimum atomic E-state index is -0.315. The summed E-state index contributed by atoms with van der Waals surface area (Å²) in [6.45, 7) is 1.99. The topological polar surface area (TPSA) is 42.0 Å². The highest BCUT2D eigenvalue weighted by atomic mass is 35.5. The molecule has 1 aromatic heterocycles. The first-order chi connectivity index (χ1) is 9.06. The zero-order valence-corrected chi connectivity index (χ0v) is 11.0. The van der Waals surface area contributed by atoms with Crippen LogP contribution in [0.1, 0.15) is 21.6 Å². The van der Waals surface area contributed by atoms with Crippen molar-refractivity contribution in [1.29, 1.82) is 0 Å². The number of carbonyl (C=O) groups excluding carboxylic acids is 1. The molecule has 0 saturated heterocycles. The average molecular weight is 279 g/mol. The van der Waals surface area contributed by atoms with Gasteiger partial charge >= 0.3 is 0 Å². The Labute approximate surface area is 115 Å². The van der Waals surface area contributed by atoms with E-state index in [2.05, 4.69) is 10.3 Å². The van der Waals surface area contributed by atoms with E-state index >= 15 is 0 Å². The number of amides is 1. The lowest BCUT2D eigenvalue weighted by Crippen LogP contribution is -2.23. The van der Waals surface area contributed by atoms with Gasteiger partial charge < -0.3 is 5.32 Å². The molecule has 1 amide bonds. The fourth-order valence-electron chi connectivity index (χ4n) is 1.62. The molecule has 0 bridgehead atoms. The number of nitrogens with zero attached hydrogens (tertiary/aromatic N) is 1. The van der Waals surface area contributed by atoms with Crippen molar-refractivity contribution in [2.24, 2.45) is 0 Å². The quantitative estimate of drug-likeness (QED) is 0.937. The highest BCUT2D eigenvalue weighted by Crippen LogP contribution is 2.10. The number of rotatable bonds is 3. The Balaban J connectivity index is 2.02. The smallest absolute Gasteiger partial charge is 0.270 e. The van der Waals surface area contributed by atoms with E-state index in [1.54, 1.807) is 25.1 Å². The Morgan fingerprint density at radius 1 is 1.37 bits per heavy atom. The van der Waals surface area contributed by atoms with Crippen molar-refractivity contribution in [3.05, 3.63) is 64.2 Å². The number of hydrogen-bond acceptors (Lipinski definition) is 2. The second kappa shape index (κ2) is 5.80. The van der Waals surface area contributed by atoms with Gasteiger partial charge in [-0.1, -0.05) is 23.7 Å². The number of pyridine rings is 1. The van der Waals surface area contributed by atoms with Crippen LogP contribution in [-0.2, 0) is 6.54 Å². The van der Waals surface area contributed by atoms with Crippen LogP contribution >= 0.6 is 11.6 Å². The normalized spacial score (nSPS) is 10.3. The Bertz CT molecular complexity index is 616. The molecule has 1 heterocycles. The van der Waals surface area contributed by atoms with Crippen molar-refractivity contribution < 1.29 is 9.18 Å². The van der Waals surface area contributed by atoms with Crippen LogP contribution in [0.5, 0.6) is 0 Å². The summed E-state index contributed by atoms with van der Waals surface area (Å²) < 4.78 is 13.1. The lowest BCUT2D eigenvalue weighted by atomic mass is 10.1. The number of aryl methyl sites for hydroxylation is 1. The number of halogens is 2. The second-order valence-electron chi connectivity index (χ2n) is 4.13. The van der Waals surface area contributed by atoms with Crippen LogP contribution in [0.3, 0.4) is 0 Å². The average Bonchev–Trinajstić information content (AvgIpc) is 2.40. The summed E-state index contributed by atoms with van der Waals surface area (Å²) in [4.78, 5) is 15.7. The number of carbonyl (C=O) groups is 1. The third-order valence-corrected chi connectivity index (χ3v) is 2.87. The Morgan fingerprint density at radius 2 is 2.16 bits per heavy atom. The predicted molar refractivity (Wildman–Crippen MR) is 71.6 cm³/mol. The van der Waals surface area contributed by atoms with Crippen LogP contribution < -0.4 is 5.32 Å². The van der Waals surface area contributed by atoms with E-state index < -0.39 is 0 Å². The molecule has 5 heteroatoms. The molecule has 0 spiro atoms. The predicted octanol–water partition coefficient (Wildman–Crippen LogP) is 3.11. The van der Waals surface area contributed by atoms with Crippen LogP contribution in [0.25, 0.3) is 0 Å². The van der Waals surface area contributed by atoms with Gasteiger partial charge in [0, 0.05) is 17.8 Å². The highest BCUT2D eigenvalue weighted by molar-refractivity contribution is 6.30. The summed E-state index contributed by atoms with van der Waals surface area (Å²) in [6.07, 6.45) is 1.47. The molecule has 0 radical (unpaired) electrons. The fraction of sp³-hybridized carbons (Fsp3) is 0.143. The molecule has 3 nitrogen and oxygen atoms in total. The second-order valence-corrected chi connectivity index (χ2v) is 4.56. The van der Waals surface area contributed by atoms with Gasteiger partial charge in [-0.3, -0.25) is 9.78 Å². The van der Waals surface area contributed by atoms with Crippen LogP contribution in [-0.4, -0.2) is 10.9 Å². The van der Waals surface area contributed by atoms with Crippen molar-refractivity contribution in [2.45, 2.75) is 13.5 Å². The Hall–Kier alpha value is -1.94. The summed E-state index contributed by atoms with van der Waals surface area (Å²) in [7, 11) is 0. The van der Waals surface area contributed by atoms with E-state index in [-0.39, 0.29) is 17.4 Å². The lowest BCUT2D eigenvalue weighted by Gasteiger charge is -2.06. The molecular weight excluding hydrogens is 267 g/mol. The largest absolute Gasteiger partial charge is 0.347 e. The van der Waals surface area contributed by atoms with Crippen molar-refractivity contribution in [3.63, 3.8) is 0 Å². The summed E-state index contributed by atoms with van der Waals surface area (Å²) in [6, 6.07) is 7.80. The standard InChI is InChI=1S/C14H12ClFN2O/c1-9-6-10(2-3-12(9)16)8-18-14(19)13-7-11(15)4-5-17-13/h2-7H,8H2,1H3,(H,18,19). The molecule has 0 aliphatic heterocycles. The zero-order chi connectivity index (χ0) is 13.8. The molecule has 2 rings (SSSR count). The molecule has 0 saturated carbocycles.